The zero-order valence-corrected chi connectivity index (χ0v) is 18.9. The quantitative estimate of drug-likeness (QED) is 0.377. The number of anilines is 1. The summed E-state index contributed by atoms with van der Waals surface area (Å²) in [6.07, 6.45) is 10.3. The third kappa shape index (κ3) is 5.13. The monoisotopic (exact) mass is 462 g/mol. The summed E-state index contributed by atoms with van der Waals surface area (Å²) in [6.45, 7) is 2.16. The Kier molecular flexibility index (Phi) is 6.98. The van der Waals surface area contributed by atoms with Crippen LogP contribution in [-0.2, 0) is 16.1 Å². The maximum atomic E-state index is 12.6. The predicted molar refractivity (Wildman–Crippen MR) is 125 cm³/mol. The smallest absolute Gasteiger partial charge is 0.248 e. The van der Waals surface area contributed by atoms with Gasteiger partial charge in [0.15, 0.2) is 0 Å². The number of nitrogens with two attached hydrogens (primary N) is 1. The van der Waals surface area contributed by atoms with Gasteiger partial charge in [0.25, 0.3) is 0 Å². The highest BCUT2D eigenvalue weighted by atomic mass is 16.5. The lowest BCUT2D eigenvalue weighted by Gasteiger charge is -2.36. The maximum Gasteiger partial charge on any atom is 0.248 e. The Morgan fingerprint density at radius 2 is 2.00 bits per heavy atom. The Bertz CT molecular complexity index is 1210. The minimum atomic E-state index is -0.514. The molecule has 0 saturated carbocycles. The van der Waals surface area contributed by atoms with Gasteiger partial charge < -0.3 is 20.3 Å². The van der Waals surface area contributed by atoms with Crippen molar-refractivity contribution in [1.82, 2.24) is 29.9 Å². The number of amides is 2. The van der Waals surface area contributed by atoms with Crippen LogP contribution in [0, 0.1) is 12.3 Å². The predicted octanol–water partition coefficient (Wildman–Crippen LogP) is 0.446. The number of primary amides is 1. The summed E-state index contributed by atoms with van der Waals surface area (Å²) in [5.74, 6) is 2.57. The highest BCUT2D eigenvalue weighted by Crippen LogP contribution is 2.19. The number of nitrogens with zero attached hydrogens (tertiary/aromatic N) is 7. The fraction of sp³-hybridized carbons (Fsp3) is 0.391. The van der Waals surface area contributed by atoms with Crippen LogP contribution in [0.15, 0.2) is 30.6 Å². The Labute approximate surface area is 196 Å². The molecular weight excluding hydrogens is 436 g/mol. The van der Waals surface area contributed by atoms with Crippen LogP contribution in [0.4, 0.5) is 5.95 Å². The van der Waals surface area contributed by atoms with Crippen molar-refractivity contribution in [1.29, 1.82) is 0 Å². The van der Waals surface area contributed by atoms with Gasteiger partial charge in [0.05, 0.1) is 24.2 Å². The summed E-state index contributed by atoms with van der Waals surface area (Å²) in [5.41, 5.74) is 7.72. The Morgan fingerprint density at radius 1 is 1.26 bits per heavy atom. The molecule has 1 aliphatic heterocycles. The number of piperidine rings is 1. The first-order chi connectivity index (χ1) is 16.5. The second-order valence-corrected chi connectivity index (χ2v) is 8.07. The molecule has 34 heavy (non-hydrogen) atoms. The minimum Gasteiger partial charge on any atom is -0.370 e. The Morgan fingerprint density at radius 3 is 2.68 bits per heavy atom. The summed E-state index contributed by atoms with van der Waals surface area (Å²) < 4.78 is 7.23. The zero-order chi connectivity index (χ0) is 24.1. The standard InChI is InChI=1S/C23H26N8O3/c1-3-16-13-25-23(26-14-16)30-8-6-18(7-9-30)29(2)21(32)15-34-11-10-31-20-12-17(22(24)33)4-5-19(20)27-28-31/h1,4-5,12-14,18H,6-11,15H2,2H3,(H2,24,33). The second-order valence-electron chi connectivity index (χ2n) is 8.07. The normalized spacial score (nSPS) is 14.2. The molecule has 2 amide bonds. The van der Waals surface area contributed by atoms with E-state index in [1.165, 1.54) is 0 Å². The van der Waals surface area contributed by atoms with E-state index >= 15 is 0 Å². The van der Waals surface area contributed by atoms with Gasteiger partial charge in [-0.05, 0) is 31.0 Å². The number of fused-ring (bicyclic) bond motifs is 1. The van der Waals surface area contributed by atoms with E-state index < -0.39 is 5.91 Å². The molecule has 0 atom stereocenters. The van der Waals surface area contributed by atoms with E-state index in [0.29, 0.717) is 34.7 Å². The average molecular weight is 463 g/mol. The lowest BCUT2D eigenvalue weighted by molar-refractivity contribution is -0.137. The average Bonchev–Trinajstić information content (AvgIpc) is 3.28. The van der Waals surface area contributed by atoms with Gasteiger partial charge in [-0.2, -0.15) is 0 Å². The fourth-order valence-corrected chi connectivity index (χ4v) is 3.91. The van der Waals surface area contributed by atoms with Crippen molar-refractivity contribution in [2.24, 2.45) is 5.73 Å². The highest BCUT2D eigenvalue weighted by Gasteiger charge is 2.26. The van der Waals surface area contributed by atoms with Gasteiger partial charge in [0.1, 0.15) is 12.1 Å². The number of carbonyl (C=O) groups is 2. The minimum absolute atomic E-state index is 0.0213. The molecule has 11 nitrogen and oxygen atoms in total. The summed E-state index contributed by atoms with van der Waals surface area (Å²) >= 11 is 0. The second kappa shape index (κ2) is 10.3. The number of aromatic nitrogens is 5. The van der Waals surface area contributed by atoms with Crippen molar-refractivity contribution in [3.05, 3.63) is 41.7 Å². The molecule has 3 aromatic rings. The van der Waals surface area contributed by atoms with Crippen molar-refractivity contribution in [2.75, 3.05) is 38.3 Å². The Balaban J connectivity index is 1.22. The molecule has 4 rings (SSSR count). The van der Waals surface area contributed by atoms with Crippen LogP contribution < -0.4 is 10.6 Å². The first kappa shape index (κ1) is 23.1. The Hall–Kier alpha value is -4.04. The largest absolute Gasteiger partial charge is 0.370 e. The zero-order valence-electron chi connectivity index (χ0n) is 18.9. The molecule has 2 aromatic heterocycles. The van der Waals surface area contributed by atoms with Gasteiger partial charge in [-0.3, -0.25) is 9.59 Å². The van der Waals surface area contributed by atoms with Crippen LogP contribution in [0.3, 0.4) is 0 Å². The van der Waals surface area contributed by atoms with Crippen LogP contribution in [0.1, 0.15) is 28.8 Å². The molecule has 176 valence electrons. The molecule has 0 spiro atoms. The molecule has 0 radical (unpaired) electrons. The fourth-order valence-electron chi connectivity index (χ4n) is 3.91. The number of ether oxygens (including phenoxy) is 1. The van der Waals surface area contributed by atoms with E-state index in [1.807, 2.05) is 0 Å². The van der Waals surface area contributed by atoms with Crippen molar-refractivity contribution in [3.8, 4) is 12.3 Å². The first-order valence-corrected chi connectivity index (χ1v) is 11.0. The summed E-state index contributed by atoms with van der Waals surface area (Å²) in [6, 6.07) is 5.09. The van der Waals surface area contributed by atoms with Crippen molar-refractivity contribution < 1.29 is 14.3 Å². The molecule has 1 fully saturated rings. The molecule has 0 aliphatic carbocycles. The number of likely N-dealkylation sites (N-methyl/N-ethyl adjacent to an activating group) is 1. The lowest BCUT2D eigenvalue weighted by atomic mass is 10.0. The van der Waals surface area contributed by atoms with Crippen molar-refractivity contribution in [2.45, 2.75) is 25.4 Å². The van der Waals surface area contributed by atoms with Gasteiger partial charge in [0.2, 0.25) is 17.8 Å². The number of hydrogen-bond donors (Lipinski definition) is 1. The topological polar surface area (TPSA) is 132 Å². The van der Waals surface area contributed by atoms with Gasteiger partial charge in [-0.25, -0.2) is 14.6 Å². The SMILES string of the molecule is C#Cc1cnc(N2CCC(N(C)C(=O)COCCn3nnc4ccc(C(N)=O)cc43)CC2)nc1. The number of carbonyl (C=O) groups excluding carboxylic acids is 2. The van der Waals surface area contributed by atoms with Crippen LogP contribution in [-0.4, -0.2) is 81.1 Å². The third-order valence-corrected chi connectivity index (χ3v) is 5.96. The van der Waals surface area contributed by atoms with Gasteiger partial charge in [-0.15, -0.1) is 11.5 Å². The first-order valence-electron chi connectivity index (χ1n) is 11.0. The lowest BCUT2D eigenvalue weighted by Crippen LogP contribution is -2.47. The van der Waals surface area contributed by atoms with E-state index in [1.54, 1.807) is 47.2 Å². The third-order valence-electron chi connectivity index (χ3n) is 5.96. The molecule has 1 aliphatic rings. The van der Waals surface area contributed by atoms with E-state index in [4.69, 9.17) is 16.9 Å². The number of hydrogen-bond acceptors (Lipinski definition) is 8. The highest BCUT2D eigenvalue weighted by molar-refractivity contribution is 5.96. The van der Waals surface area contributed by atoms with E-state index in [0.717, 1.165) is 25.9 Å². The number of terminal acetylenes is 1. The number of rotatable bonds is 8. The van der Waals surface area contributed by atoms with Crippen LogP contribution in [0.2, 0.25) is 0 Å². The van der Waals surface area contributed by atoms with Gasteiger partial charge in [0, 0.05) is 44.1 Å². The van der Waals surface area contributed by atoms with Crippen molar-refractivity contribution in [3.63, 3.8) is 0 Å². The molecule has 0 unspecified atom stereocenters. The van der Waals surface area contributed by atoms with Gasteiger partial charge in [-0.1, -0.05) is 11.1 Å². The van der Waals surface area contributed by atoms with E-state index in [9.17, 15) is 9.59 Å². The van der Waals surface area contributed by atoms with Crippen LogP contribution in [0.25, 0.3) is 11.0 Å². The summed E-state index contributed by atoms with van der Waals surface area (Å²) in [7, 11) is 1.81. The summed E-state index contributed by atoms with van der Waals surface area (Å²) in [5, 5.41) is 8.14. The molecular formula is C23H26N8O3. The molecule has 1 aromatic carbocycles. The van der Waals surface area contributed by atoms with E-state index in [-0.39, 0.29) is 25.2 Å². The van der Waals surface area contributed by atoms with Crippen molar-refractivity contribution >= 4 is 28.8 Å². The maximum absolute atomic E-state index is 12.6. The van der Waals surface area contributed by atoms with Crippen LogP contribution >= 0.6 is 0 Å². The summed E-state index contributed by atoms with van der Waals surface area (Å²) in [4.78, 5) is 36.5. The van der Waals surface area contributed by atoms with E-state index in [2.05, 4.69) is 31.1 Å². The number of benzene rings is 1. The van der Waals surface area contributed by atoms with Crippen LogP contribution in [0.5, 0.6) is 0 Å². The molecule has 1 saturated heterocycles. The molecule has 3 heterocycles. The molecule has 0 bridgehead atoms. The molecule has 2 N–H and O–H groups in total. The van der Waals surface area contributed by atoms with Gasteiger partial charge >= 0.3 is 0 Å². The molecule has 11 heteroatoms.